The third-order valence-corrected chi connectivity index (χ3v) is 2.72. The molecule has 0 saturated carbocycles. The third-order valence-electron chi connectivity index (χ3n) is 2.72. The molecule has 0 spiro atoms. The summed E-state index contributed by atoms with van der Waals surface area (Å²) in [6.07, 6.45) is 1.31. The van der Waals surface area contributed by atoms with E-state index < -0.39 is 16.8 Å². The van der Waals surface area contributed by atoms with Gasteiger partial charge in [-0.2, -0.15) is 0 Å². The number of nitrogens with zero attached hydrogens (tertiary/aromatic N) is 1. The maximum atomic E-state index is 12.1. The number of rotatable bonds is 8. The number of benzene rings is 1. The fraction of sp³-hybridized carbons (Fsp3) is 0.467. The Balaban J connectivity index is 3.34. The molecule has 1 rings (SSSR count). The van der Waals surface area contributed by atoms with Crippen molar-refractivity contribution in [2.24, 2.45) is 0 Å². The Morgan fingerprint density at radius 2 is 1.87 bits per heavy atom. The average molecular weight is 324 g/mol. The Morgan fingerprint density at radius 1 is 1.22 bits per heavy atom. The highest BCUT2D eigenvalue weighted by atomic mass is 16.6. The molecule has 0 unspecified atom stereocenters. The number of nitro benzene ring substituents is 1. The molecule has 0 saturated heterocycles. The SMILES string of the molecule is CCCOC(=O)c1cc(NC(C)=O)c([N+](=O)[O-])cc1OCCC. The second-order valence-corrected chi connectivity index (χ2v) is 4.79. The van der Waals surface area contributed by atoms with Crippen LogP contribution < -0.4 is 10.1 Å². The smallest absolute Gasteiger partial charge is 0.342 e. The average Bonchev–Trinajstić information content (AvgIpc) is 2.50. The van der Waals surface area contributed by atoms with Crippen LogP contribution in [0.15, 0.2) is 12.1 Å². The molecule has 23 heavy (non-hydrogen) atoms. The van der Waals surface area contributed by atoms with Crippen LogP contribution in [0.4, 0.5) is 11.4 Å². The largest absolute Gasteiger partial charge is 0.492 e. The number of ether oxygens (including phenoxy) is 2. The third kappa shape index (κ3) is 5.24. The minimum absolute atomic E-state index is 0.0428. The van der Waals surface area contributed by atoms with Gasteiger partial charge in [-0.15, -0.1) is 0 Å². The quantitative estimate of drug-likeness (QED) is 0.447. The van der Waals surface area contributed by atoms with Crippen molar-refractivity contribution < 1.29 is 24.0 Å². The molecule has 0 radical (unpaired) electrons. The first-order valence-electron chi connectivity index (χ1n) is 7.30. The number of hydrogen-bond donors (Lipinski definition) is 1. The first-order chi connectivity index (χ1) is 10.9. The van der Waals surface area contributed by atoms with Gasteiger partial charge in [-0.05, 0) is 18.9 Å². The number of hydrogen-bond acceptors (Lipinski definition) is 6. The summed E-state index contributed by atoms with van der Waals surface area (Å²) >= 11 is 0. The van der Waals surface area contributed by atoms with Gasteiger partial charge in [-0.25, -0.2) is 4.79 Å². The molecule has 0 fully saturated rings. The lowest BCUT2D eigenvalue weighted by molar-refractivity contribution is -0.384. The topological polar surface area (TPSA) is 108 Å². The second kappa shape index (κ2) is 8.72. The van der Waals surface area contributed by atoms with Crippen LogP contribution in [0, 0.1) is 10.1 Å². The van der Waals surface area contributed by atoms with E-state index in [-0.39, 0.29) is 29.3 Å². The molecule has 1 N–H and O–H groups in total. The van der Waals surface area contributed by atoms with Gasteiger partial charge in [0.25, 0.3) is 5.69 Å². The number of amides is 1. The Kier molecular flexibility index (Phi) is 6.98. The summed E-state index contributed by atoms with van der Waals surface area (Å²) in [6.45, 7) is 5.46. The van der Waals surface area contributed by atoms with Gasteiger partial charge >= 0.3 is 5.97 Å². The lowest BCUT2D eigenvalue weighted by Crippen LogP contribution is -2.13. The van der Waals surface area contributed by atoms with Gasteiger partial charge in [0.15, 0.2) is 0 Å². The molecule has 8 heteroatoms. The highest BCUT2D eigenvalue weighted by Crippen LogP contribution is 2.33. The van der Waals surface area contributed by atoms with E-state index in [9.17, 15) is 19.7 Å². The molecule has 8 nitrogen and oxygen atoms in total. The Bertz CT molecular complexity index is 600. The minimum atomic E-state index is -0.653. The molecule has 1 amide bonds. The molecule has 0 aliphatic heterocycles. The zero-order chi connectivity index (χ0) is 17.4. The fourth-order valence-corrected chi connectivity index (χ4v) is 1.77. The van der Waals surface area contributed by atoms with E-state index in [0.717, 1.165) is 6.07 Å². The van der Waals surface area contributed by atoms with Gasteiger partial charge in [0, 0.05) is 6.92 Å². The molecule has 0 aromatic heterocycles. The van der Waals surface area contributed by atoms with Gasteiger partial charge in [0.1, 0.15) is 17.0 Å². The van der Waals surface area contributed by atoms with Gasteiger partial charge in [-0.1, -0.05) is 13.8 Å². The summed E-state index contributed by atoms with van der Waals surface area (Å²) in [5, 5.41) is 13.5. The van der Waals surface area contributed by atoms with Crippen LogP contribution in [0.5, 0.6) is 5.75 Å². The molecule has 0 aliphatic rings. The summed E-state index contributed by atoms with van der Waals surface area (Å²) in [7, 11) is 0. The number of nitro groups is 1. The molecule has 0 bridgehead atoms. The molecule has 126 valence electrons. The molecule has 0 heterocycles. The summed E-state index contributed by atoms with van der Waals surface area (Å²) in [6, 6.07) is 2.34. The maximum absolute atomic E-state index is 12.1. The zero-order valence-electron chi connectivity index (χ0n) is 13.4. The number of esters is 1. The highest BCUT2D eigenvalue weighted by molar-refractivity contribution is 5.98. The number of carbonyl (C=O) groups is 2. The van der Waals surface area contributed by atoms with Crippen molar-refractivity contribution in [1.29, 1.82) is 0 Å². The molecular weight excluding hydrogens is 304 g/mol. The van der Waals surface area contributed by atoms with Crippen molar-refractivity contribution in [2.45, 2.75) is 33.6 Å². The van der Waals surface area contributed by atoms with Crippen LogP contribution in [0.25, 0.3) is 0 Å². The van der Waals surface area contributed by atoms with Gasteiger partial charge in [0.05, 0.1) is 24.2 Å². The lowest BCUT2D eigenvalue weighted by Gasteiger charge is -2.13. The van der Waals surface area contributed by atoms with Crippen molar-refractivity contribution in [1.82, 2.24) is 0 Å². The molecule has 0 aliphatic carbocycles. The lowest BCUT2D eigenvalue weighted by atomic mass is 10.1. The fourth-order valence-electron chi connectivity index (χ4n) is 1.77. The summed E-state index contributed by atoms with van der Waals surface area (Å²) in [5.41, 5.74) is -0.380. The van der Waals surface area contributed by atoms with E-state index in [2.05, 4.69) is 5.32 Å². The normalized spacial score (nSPS) is 10.0. The van der Waals surface area contributed by atoms with Gasteiger partial charge in [-0.3, -0.25) is 14.9 Å². The standard InChI is InChI=1S/C15H20N2O6/c1-4-6-22-14-9-13(17(20)21)12(16-10(3)18)8-11(14)15(19)23-7-5-2/h8-9H,4-7H2,1-3H3,(H,16,18). The Labute approximate surface area is 133 Å². The van der Waals surface area contributed by atoms with E-state index in [4.69, 9.17) is 9.47 Å². The van der Waals surface area contributed by atoms with Gasteiger partial charge in [0.2, 0.25) is 5.91 Å². The van der Waals surface area contributed by atoms with Crippen LogP contribution in [0.3, 0.4) is 0 Å². The summed E-state index contributed by atoms with van der Waals surface area (Å²) in [5.74, 6) is -1.07. The van der Waals surface area contributed by atoms with Gasteiger partial charge < -0.3 is 14.8 Å². The Morgan fingerprint density at radius 3 is 2.39 bits per heavy atom. The molecular formula is C15H20N2O6. The second-order valence-electron chi connectivity index (χ2n) is 4.79. The first kappa shape index (κ1) is 18.4. The first-order valence-corrected chi connectivity index (χ1v) is 7.30. The monoisotopic (exact) mass is 324 g/mol. The van der Waals surface area contributed by atoms with Crippen LogP contribution in [-0.2, 0) is 9.53 Å². The van der Waals surface area contributed by atoms with Crippen LogP contribution in [0.1, 0.15) is 44.0 Å². The van der Waals surface area contributed by atoms with Crippen molar-refractivity contribution in [3.05, 3.63) is 27.8 Å². The van der Waals surface area contributed by atoms with Crippen molar-refractivity contribution in [3.8, 4) is 5.75 Å². The molecule has 0 atom stereocenters. The number of nitrogens with one attached hydrogen (secondary N) is 1. The van der Waals surface area contributed by atoms with Crippen molar-refractivity contribution in [2.75, 3.05) is 18.5 Å². The van der Waals surface area contributed by atoms with E-state index >= 15 is 0 Å². The number of carbonyl (C=O) groups excluding carboxylic acids is 2. The minimum Gasteiger partial charge on any atom is -0.492 e. The molecule has 1 aromatic carbocycles. The highest BCUT2D eigenvalue weighted by Gasteiger charge is 2.24. The predicted octanol–water partition coefficient (Wildman–Crippen LogP) is 2.91. The zero-order valence-corrected chi connectivity index (χ0v) is 13.4. The van der Waals surface area contributed by atoms with E-state index in [1.807, 2.05) is 13.8 Å². The van der Waals surface area contributed by atoms with Crippen LogP contribution >= 0.6 is 0 Å². The van der Waals surface area contributed by atoms with E-state index in [1.165, 1.54) is 13.0 Å². The van der Waals surface area contributed by atoms with E-state index in [0.29, 0.717) is 19.4 Å². The van der Waals surface area contributed by atoms with Crippen LogP contribution in [-0.4, -0.2) is 30.0 Å². The van der Waals surface area contributed by atoms with E-state index in [1.54, 1.807) is 0 Å². The maximum Gasteiger partial charge on any atom is 0.342 e. The summed E-state index contributed by atoms with van der Waals surface area (Å²) in [4.78, 5) is 33.9. The van der Waals surface area contributed by atoms with Crippen LogP contribution in [0.2, 0.25) is 0 Å². The molecule has 1 aromatic rings. The van der Waals surface area contributed by atoms with Crippen molar-refractivity contribution in [3.63, 3.8) is 0 Å². The summed E-state index contributed by atoms with van der Waals surface area (Å²) < 4.78 is 10.5. The Hall–Kier alpha value is -2.64. The predicted molar refractivity (Wildman–Crippen MR) is 83.8 cm³/mol. The van der Waals surface area contributed by atoms with Crippen molar-refractivity contribution >= 4 is 23.3 Å². The number of anilines is 1.